The highest BCUT2D eigenvalue weighted by atomic mass is 15.2. The number of nitrogens with zero attached hydrogens (tertiary/aromatic N) is 4. The first-order valence-corrected chi connectivity index (χ1v) is 11.8. The number of nitrogens with one attached hydrogen (secondary N) is 2. The van der Waals surface area contributed by atoms with Gasteiger partial charge in [0.05, 0.1) is 0 Å². The molecule has 1 aliphatic rings. The molecule has 2 N–H and O–H groups in total. The van der Waals surface area contributed by atoms with Crippen LogP contribution in [0.4, 0.5) is 0 Å². The summed E-state index contributed by atoms with van der Waals surface area (Å²) >= 11 is 0. The first kappa shape index (κ1) is 24.6. The largest absolute Gasteiger partial charge is 0.357 e. The second-order valence-electron chi connectivity index (χ2n) is 8.58. The van der Waals surface area contributed by atoms with E-state index in [4.69, 9.17) is 4.99 Å². The molecule has 0 bridgehead atoms. The molecular formula is C24H44N6. The molecule has 0 saturated carbocycles. The Bertz CT molecular complexity index is 591. The van der Waals surface area contributed by atoms with Gasteiger partial charge >= 0.3 is 0 Å². The highest BCUT2D eigenvalue weighted by Gasteiger charge is 2.12. The average molecular weight is 417 g/mol. The van der Waals surface area contributed by atoms with E-state index in [9.17, 15) is 0 Å². The van der Waals surface area contributed by atoms with Crippen LogP contribution >= 0.6 is 0 Å². The quantitative estimate of drug-likeness (QED) is 0.330. The average Bonchev–Trinajstić information content (AvgIpc) is 2.95. The van der Waals surface area contributed by atoms with Crippen molar-refractivity contribution in [1.82, 2.24) is 25.3 Å². The Morgan fingerprint density at radius 1 is 1.13 bits per heavy atom. The number of benzene rings is 1. The van der Waals surface area contributed by atoms with Crippen LogP contribution < -0.4 is 10.6 Å². The van der Waals surface area contributed by atoms with Crippen LogP contribution in [0, 0.1) is 0 Å². The lowest BCUT2D eigenvalue weighted by molar-refractivity contribution is 0.238. The summed E-state index contributed by atoms with van der Waals surface area (Å²) in [5.41, 5.74) is 1.37. The maximum atomic E-state index is 4.79. The normalized spacial score (nSPS) is 17.7. The zero-order valence-corrected chi connectivity index (χ0v) is 19.7. The van der Waals surface area contributed by atoms with Crippen molar-refractivity contribution in [3.63, 3.8) is 0 Å². The van der Waals surface area contributed by atoms with E-state index in [1.165, 1.54) is 38.2 Å². The predicted molar refractivity (Wildman–Crippen MR) is 129 cm³/mol. The molecule has 1 unspecified atom stereocenters. The zero-order valence-electron chi connectivity index (χ0n) is 19.7. The van der Waals surface area contributed by atoms with Crippen molar-refractivity contribution in [3.05, 3.63) is 35.9 Å². The Morgan fingerprint density at radius 2 is 1.93 bits per heavy atom. The fourth-order valence-corrected chi connectivity index (χ4v) is 3.80. The number of likely N-dealkylation sites (N-methyl/N-ethyl adjacent to an activating group) is 1. The Labute approximate surface area is 184 Å². The molecule has 0 aliphatic carbocycles. The molecule has 0 aromatic heterocycles. The molecule has 1 saturated heterocycles. The van der Waals surface area contributed by atoms with Crippen LogP contribution in [0.25, 0.3) is 0 Å². The smallest absolute Gasteiger partial charge is 0.191 e. The first-order chi connectivity index (χ1) is 14.6. The summed E-state index contributed by atoms with van der Waals surface area (Å²) < 4.78 is 0. The minimum absolute atomic E-state index is 0.516. The Kier molecular flexibility index (Phi) is 11.8. The Balaban J connectivity index is 1.66. The molecule has 1 aromatic rings. The van der Waals surface area contributed by atoms with Crippen LogP contribution in [0.3, 0.4) is 0 Å². The van der Waals surface area contributed by atoms with E-state index < -0.39 is 0 Å². The van der Waals surface area contributed by atoms with E-state index >= 15 is 0 Å². The minimum atomic E-state index is 0.516. The molecule has 2 rings (SSSR count). The summed E-state index contributed by atoms with van der Waals surface area (Å²) in [7, 11) is 4.43. The van der Waals surface area contributed by atoms with E-state index in [0.717, 1.165) is 51.5 Å². The van der Waals surface area contributed by atoms with E-state index in [1.54, 1.807) is 0 Å². The summed E-state index contributed by atoms with van der Waals surface area (Å²) in [5.74, 6) is 0.950. The van der Waals surface area contributed by atoms with Gasteiger partial charge in [0.25, 0.3) is 0 Å². The van der Waals surface area contributed by atoms with Crippen LogP contribution in [0.5, 0.6) is 0 Å². The number of hydrogen-bond donors (Lipinski definition) is 2. The summed E-state index contributed by atoms with van der Waals surface area (Å²) in [6.45, 7) is 14.1. The van der Waals surface area contributed by atoms with Crippen LogP contribution in [-0.4, -0.2) is 93.2 Å². The van der Waals surface area contributed by atoms with Crippen LogP contribution in [0.15, 0.2) is 35.3 Å². The van der Waals surface area contributed by atoms with Gasteiger partial charge in [0.15, 0.2) is 5.96 Å². The molecule has 30 heavy (non-hydrogen) atoms. The third-order valence-electron chi connectivity index (χ3n) is 5.94. The van der Waals surface area contributed by atoms with Gasteiger partial charge in [0, 0.05) is 45.3 Å². The second-order valence-corrected chi connectivity index (χ2v) is 8.58. The standard InChI is InChI=1S/C24H44N6/c1-5-25-24(26-14-9-17-30-18-10-16-28(3)19-20-30)27-15-13-22(2)29(4)21-23-11-7-6-8-12-23/h6-8,11-12,22H,5,9-10,13-21H2,1-4H3,(H2,25,26,27). The Hall–Kier alpha value is -1.63. The van der Waals surface area contributed by atoms with E-state index in [2.05, 4.69) is 83.6 Å². The molecule has 0 amide bonds. The van der Waals surface area contributed by atoms with Gasteiger partial charge in [-0.3, -0.25) is 9.89 Å². The van der Waals surface area contributed by atoms with E-state index in [0.29, 0.717) is 6.04 Å². The zero-order chi connectivity index (χ0) is 21.6. The predicted octanol–water partition coefficient (Wildman–Crippen LogP) is 2.48. The summed E-state index contributed by atoms with van der Waals surface area (Å²) in [4.78, 5) is 12.2. The van der Waals surface area contributed by atoms with Gasteiger partial charge in [-0.05, 0) is 72.4 Å². The molecule has 6 nitrogen and oxygen atoms in total. The van der Waals surface area contributed by atoms with Crippen LogP contribution in [0.1, 0.15) is 38.7 Å². The van der Waals surface area contributed by atoms with Crippen molar-refractivity contribution in [2.45, 2.75) is 45.7 Å². The third kappa shape index (κ3) is 9.92. The molecule has 1 heterocycles. The lowest BCUT2D eigenvalue weighted by atomic mass is 10.1. The van der Waals surface area contributed by atoms with Crippen molar-refractivity contribution in [2.24, 2.45) is 4.99 Å². The molecule has 1 aliphatic heterocycles. The van der Waals surface area contributed by atoms with Gasteiger partial charge in [-0.15, -0.1) is 0 Å². The molecule has 1 fully saturated rings. The fraction of sp³-hybridized carbons (Fsp3) is 0.708. The number of rotatable bonds is 11. The van der Waals surface area contributed by atoms with Gasteiger partial charge in [0.2, 0.25) is 0 Å². The first-order valence-electron chi connectivity index (χ1n) is 11.8. The maximum Gasteiger partial charge on any atom is 0.191 e. The molecule has 0 spiro atoms. The third-order valence-corrected chi connectivity index (χ3v) is 5.94. The second kappa shape index (κ2) is 14.4. The maximum absolute atomic E-state index is 4.79. The van der Waals surface area contributed by atoms with Crippen molar-refractivity contribution >= 4 is 5.96 Å². The van der Waals surface area contributed by atoms with Crippen molar-refractivity contribution in [3.8, 4) is 0 Å². The van der Waals surface area contributed by atoms with E-state index in [1.807, 2.05) is 0 Å². The monoisotopic (exact) mass is 416 g/mol. The SMILES string of the molecule is CCNC(=NCCCN1CCCN(C)CC1)NCCC(C)N(C)Cc1ccccc1. The van der Waals surface area contributed by atoms with Gasteiger partial charge in [-0.25, -0.2) is 0 Å². The molecule has 170 valence electrons. The van der Waals surface area contributed by atoms with Crippen molar-refractivity contribution < 1.29 is 0 Å². The molecular weight excluding hydrogens is 372 g/mol. The van der Waals surface area contributed by atoms with Gasteiger partial charge in [-0.2, -0.15) is 0 Å². The van der Waals surface area contributed by atoms with Crippen molar-refractivity contribution in [2.75, 3.05) is 66.5 Å². The molecule has 6 heteroatoms. The highest BCUT2D eigenvalue weighted by molar-refractivity contribution is 5.79. The topological polar surface area (TPSA) is 46.1 Å². The van der Waals surface area contributed by atoms with Gasteiger partial charge < -0.3 is 20.4 Å². The Morgan fingerprint density at radius 3 is 2.70 bits per heavy atom. The molecule has 1 atom stereocenters. The highest BCUT2D eigenvalue weighted by Crippen LogP contribution is 2.08. The van der Waals surface area contributed by atoms with Crippen LogP contribution in [0.2, 0.25) is 0 Å². The number of aliphatic imine (C=N–C) groups is 1. The minimum Gasteiger partial charge on any atom is -0.357 e. The lowest BCUT2D eigenvalue weighted by Crippen LogP contribution is -2.40. The van der Waals surface area contributed by atoms with Crippen LogP contribution in [-0.2, 0) is 6.54 Å². The summed E-state index contributed by atoms with van der Waals surface area (Å²) in [6, 6.07) is 11.2. The molecule has 1 aromatic carbocycles. The van der Waals surface area contributed by atoms with Gasteiger partial charge in [0.1, 0.15) is 0 Å². The number of guanidine groups is 1. The summed E-state index contributed by atoms with van der Waals surface area (Å²) in [6.07, 6.45) is 3.49. The summed E-state index contributed by atoms with van der Waals surface area (Å²) in [5, 5.41) is 6.90. The van der Waals surface area contributed by atoms with E-state index in [-0.39, 0.29) is 0 Å². The number of hydrogen-bond acceptors (Lipinski definition) is 4. The molecule has 0 radical (unpaired) electrons. The lowest BCUT2D eigenvalue weighted by Gasteiger charge is -2.25. The van der Waals surface area contributed by atoms with Crippen molar-refractivity contribution in [1.29, 1.82) is 0 Å². The van der Waals surface area contributed by atoms with Gasteiger partial charge in [-0.1, -0.05) is 30.3 Å². The fourth-order valence-electron chi connectivity index (χ4n) is 3.80.